The highest BCUT2D eigenvalue weighted by Gasteiger charge is 2.17. The van der Waals surface area contributed by atoms with Crippen LogP contribution in [0.25, 0.3) is 5.65 Å². The molecule has 0 aliphatic heterocycles. The number of aromatic nitrogens is 2. The summed E-state index contributed by atoms with van der Waals surface area (Å²) in [7, 11) is 0. The maximum absolute atomic E-state index is 9.85. The second-order valence-electron chi connectivity index (χ2n) is 3.77. The van der Waals surface area contributed by atoms with Crippen molar-refractivity contribution in [2.24, 2.45) is 5.73 Å². The molecule has 0 radical (unpaired) electrons. The van der Waals surface area contributed by atoms with Crippen LogP contribution in [-0.2, 0) is 0 Å². The number of aryl methyl sites for hydroxylation is 1. The third-order valence-electron chi connectivity index (χ3n) is 2.57. The highest BCUT2D eigenvalue weighted by atomic mass is 35.5. The second-order valence-corrected chi connectivity index (χ2v) is 4.12. The van der Waals surface area contributed by atoms with Crippen LogP contribution >= 0.6 is 11.6 Å². The molecular weight excluding hydrogens is 226 g/mol. The SMILES string of the molecule is Cc1cccn2c(Cl)c(C(O)CCN)nc12. The molecule has 0 aliphatic rings. The van der Waals surface area contributed by atoms with Crippen LogP contribution in [0.4, 0.5) is 0 Å². The Hall–Kier alpha value is -1.10. The zero-order chi connectivity index (χ0) is 11.7. The molecule has 1 atom stereocenters. The smallest absolute Gasteiger partial charge is 0.141 e. The van der Waals surface area contributed by atoms with Crippen LogP contribution in [0.1, 0.15) is 23.8 Å². The van der Waals surface area contributed by atoms with Gasteiger partial charge in [-0.05, 0) is 31.5 Å². The molecule has 0 amide bonds. The molecule has 2 rings (SSSR count). The molecule has 5 heteroatoms. The minimum absolute atomic E-state index is 0.407. The van der Waals surface area contributed by atoms with Crippen LogP contribution in [-0.4, -0.2) is 21.0 Å². The van der Waals surface area contributed by atoms with Gasteiger partial charge in [0.1, 0.15) is 22.6 Å². The van der Waals surface area contributed by atoms with E-state index in [1.165, 1.54) is 0 Å². The minimum Gasteiger partial charge on any atom is -0.387 e. The first-order chi connectivity index (χ1) is 7.65. The Kier molecular flexibility index (Phi) is 3.14. The summed E-state index contributed by atoms with van der Waals surface area (Å²) in [6, 6.07) is 3.85. The number of rotatable bonds is 3. The van der Waals surface area contributed by atoms with E-state index >= 15 is 0 Å². The van der Waals surface area contributed by atoms with Gasteiger partial charge in [0, 0.05) is 6.20 Å². The lowest BCUT2D eigenvalue weighted by Gasteiger charge is -2.05. The van der Waals surface area contributed by atoms with Gasteiger partial charge in [-0.25, -0.2) is 4.98 Å². The Balaban J connectivity index is 2.55. The topological polar surface area (TPSA) is 63.5 Å². The summed E-state index contributed by atoms with van der Waals surface area (Å²) in [6.45, 7) is 2.36. The molecule has 3 N–H and O–H groups in total. The summed E-state index contributed by atoms with van der Waals surface area (Å²) >= 11 is 6.16. The van der Waals surface area contributed by atoms with Crippen LogP contribution in [0.3, 0.4) is 0 Å². The van der Waals surface area contributed by atoms with Crippen LogP contribution in [0, 0.1) is 6.92 Å². The fourth-order valence-electron chi connectivity index (χ4n) is 1.70. The Bertz CT molecular complexity index is 509. The molecular formula is C11H14ClN3O. The first-order valence-electron chi connectivity index (χ1n) is 5.16. The maximum Gasteiger partial charge on any atom is 0.141 e. The van der Waals surface area contributed by atoms with Crippen molar-refractivity contribution in [2.45, 2.75) is 19.4 Å². The number of hydrogen-bond donors (Lipinski definition) is 2. The quantitative estimate of drug-likeness (QED) is 0.857. The number of aliphatic hydroxyl groups is 1. The van der Waals surface area contributed by atoms with Crippen molar-refractivity contribution in [1.82, 2.24) is 9.38 Å². The zero-order valence-electron chi connectivity index (χ0n) is 9.02. The molecule has 0 bridgehead atoms. The summed E-state index contributed by atoms with van der Waals surface area (Å²) in [5.74, 6) is 0. The van der Waals surface area contributed by atoms with Crippen molar-refractivity contribution in [3.63, 3.8) is 0 Å². The van der Waals surface area contributed by atoms with E-state index in [9.17, 15) is 5.11 Å². The third-order valence-corrected chi connectivity index (χ3v) is 2.94. The Morgan fingerprint density at radius 2 is 2.38 bits per heavy atom. The van der Waals surface area contributed by atoms with Gasteiger partial charge in [-0.2, -0.15) is 0 Å². The molecule has 0 spiro atoms. The van der Waals surface area contributed by atoms with Gasteiger partial charge >= 0.3 is 0 Å². The number of nitrogens with two attached hydrogens (primary N) is 1. The van der Waals surface area contributed by atoms with E-state index in [2.05, 4.69) is 4.98 Å². The van der Waals surface area contributed by atoms with E-state index in [1.807, 2.05) is 25.3 Å². The van der Waals surface area contributed by atoms with Crippen LogP contribution < -0.4 is 5.73 Å². The summed E-state index contributed by atoms with van der Waals surface area (Å²) in [5, 5.41) is 10.3. The number of aliphatic hydroxyl groups excluding tert-OH is 1. The molecule has 16 heavy (non-hydrogen) atoms. The van der Waals surface area contributed by atoms with E-state index in [0.29, 0.717) is 23.8 Å². The maximum atomic E-state index is 9.85. The summed E-state index contributed by atoms with van der Waals surface area (Å²) in [4.78, 5) is 4.36. The van der Waals surface area contributed by atoms with Gasteiger partial charge in [0.15, 0.2) is 0 Å². The lowest BCUT2D eigenvalue weighted by molar-refractivity contribution is 0.166. The van der Waals surface area contributed by atoms with Gasteiger partial charge in [0.2, 0.25) is 0 Å². The van der Waals surface area contributed by atoms with Crippen molar-refractivity contribution in [3.8, 4) is 0 Å². The molecule has 2 heterocycles. The van der Waals surface area contributed by atoms with Crippen molar-refractivity contribution in [1.29, 1.82) is 0 Å². The fraction of sp³-hybridized carbons (Fsp3) is 0.364. The van der Waals surface area contributed by atoms with Gasteiger partial charge in [-0.3, -0.25) is 4.40 Å². The van der Waals surface area contributed by atoms with Gasteiger partial charge in [0.05, 0.1) is 0 Å². The van der Waals surface area contributed by atoms with Gasteiger partial charge in [0.25, 0.3) is 0 Å². The molecule has 1 unspecified atom stereocenters. The van der Waals surface area contributed by atoms with E-state index in [-0.39, 0.29) is 0 Å². The van der Waals surface area contributed by atoms with Crippen LogP contribution in [0.2, 0.25) is 5.15 Å². The molecule has 2 aromatic heterocycles. The number of imidazole rings is 1. The molecule has 0 saturated heterocycles. The van der Waals surface area contributed by atoms with E-state index in [4.69, 9.17) is 17.3 Å². The number of nitrogens with zero attached hydrogens (tertiary/aromatic N) is 2. The lowest BCUT2D eigenvalue weighted by atomic mass is 10.2. The Morgan fingerprint density at radius 3 is 3.00 bits per heavy atom. The monoisotopic (exact) mass is 239 g/mol. The van der Waals surface area contributed by atoms with Crippen molar-refractivity contribution < 1.29 is 5.11 Å². The first-order valence-corrected chi connectivity index (χ1v) is 5.54. The standard InChI is InChI=1S/C11H14ClN3O/c1-7-3-2-6-15-10(12)9(14-11(7)15)8(16)4-5-13/h2-3,6,8,16H,4-5,13H2,1H3. The summed E-state index contributed by atoms with van der Waals surface area (Å²) in [5.41, 5.74) is 7.70. The predicted octanol–water partition coefficient (Wildman–Crippen LogP) is 1.68. The molecule has 0 saturated carbocycles. The molecule has 2 aromatic rings. The van der Waals surface area contributed by atoms with E-state index < -0.39 is 6.10 Å². The molecule has 0 aliphatic carbocycles. The second kappa shape index (κ2) is 4.41. The number of fused-ring (bicyclic) bond motifs is 1. The van der Waals surface area contributed by atoms with Crippen molar-refractivity contribution >= 4 is 17.2 Å². The average molecular weight is 240 g/mol. The van der Waals surface area contributed by atoms with Gasteiger partial charge in [-0.1, -0.05) is 17.7 Å². The lowest BCUT2D eigenvalue weighted by Crippen LogP contribution is -2.07. The summed E-state index contributed by atoms with van der Waals surface area (Å²) in [6.07, 6.45) is 1.59. The van der Waals surface area contributed by atoms with Crippen molar-refractivity contribution in [2.75, 3.05) is 6.54 Å². The third kappa shape index (κ3) is 1.80. The largest absolute Gasteiger partial charge is 0.387 e. The molecule has 0 fully saturated rings. The first kappa shape index (κ1) is 11.4. The number of halogens is 1. The highest BCUT2D eigenvalue weighted by Crippen LogP contribution is 2.26. The number of pyridine rings is 1. The highest BCUT2D eigenvalue weighted by molar-refractivity contribution is 6.30. The Labute approximate surface area is 98.7 Å². The minimum atomic E-state index is -0.697. The van der Waals surface area contributed by atoms with E-state index in [0.717, 1.165) is 11.2 Å². The zero-order valence-corrected chi connectivity index (χ0v) is 9.78. The van der Waals surface area contributed by atoms with Crippen molar-refractivity contribution in [3.05, 3.63) is 34.7 Å². The van der Waals surface area contributed by atoms with Crippen LogP contribution in [0.5, 0.6) is 0 Å². The van der Waals surface area contributed by atoms with Gasteiger partial charge < -0.3 is 10.8 Å². The molecule has 0 aromatic carbocycles. The molecule has 4 nitrogen and oxygen atoms in total. The average Bonchev–Trinajstić information content (AvgIpc) is 2.59. The fourth-order valence-corrected chi connectivity index (χ4v) is 2.00. The predicted molar refractivity (Wildman–Crippen MR) is 63.6 cm³/mol. The normalized spacial score (nSPS) is 13.2. The Morgan fingerprint density at radius 1 is 1.62 bits per heavy atom. The number of hydrogen-bond acceptors (Lipinski definition) is 3. The van der Waals surface area contributed by atoms with Gasteiger partial charge in [-0.15, -0.1) is 0 Å². The van der Waals surface area contributed by atoms with E-state index in [1.54, 1.807) is 4.40 Å². The van der Waals surface area contributed by atoms with Crippen LogP contribution in [0.15, 0.2) is 18.3 Å². The molecule has 86 valence electrons. The summed E-state index contributed by atoms with van der Waals surface area (Å²) < 4.78 is 1.77.